The maximum Gasteiger partial charge on any atom is 0.311 e. The van der Waals surface area contributed by atoms with Crippen molar-refractivity contribution in [3.05, 3.63) is 28.3 Å². The lowest BCUT2D eigenvalue weighted by molar-refractivity contribution is -0.386. The normalized spacial score (nSPS) is 21.0. The summed E-state index contributed by atoms with van der Waals surface area (Å²) in [7, 11) is 1.94. The lowest BCUT2D eigenvalue weighted by Crippen LogP contribution is -2.38. The minimum Gasteiger partial charge on any atom is -0.490 e. The first-order valence-electron chi connectivity index (χ1n) is 7.26. The van der Waals surface area contributed by atoms with Crippen molar-refractivity contribution in [1.29, 1.82) is 0 Å². The fourth-order valence-corrected chi connectivity index (χ4v) is 2.49. The molecule has 0 aliphatic heterocycles. The minimum atomic E-state index is -0.437. The molecule has 1 fully saturated rings. The van der Waals surface area contributed by atoms with Crippen LogP contribution < -0.4 is 14.8 Å². The molecule has 0 bridgehead atoms. The van der Waals surface area contributed by atoms with Gasteiger partial charge < -0.3 is 14.8 Å². The van der Waals surface area contributed by atoms with E-state index in [9.17, 15) is 10.1 Å². The Kier molecular flexibility index (Phi) is 5.01. The molecular formula is C15H22N2O4. The molecule has 0 amide bonds. The second-order valence-corrected chi connectivity index (χ2v) is 5.69. The third kappa shape index (κ3) is 4.07. The summed E-state index contributed by atoms with van der Waals surface area (Å²) in [5.74, 6) is 1.55. The summed E-state index contributed by atoms with van der Waals surface area (Å²) in [6.07, 6.45) is 2.09. The Morgan fingerprint density at radius 2 is 2.14 bits per heavy atom. The average Bonchev–Trinajstić information content (AvgIpc) is 2.35. The maximum absolute atomic E-state index is 11.0. The standard InChI is InChI=1S/C15H22N2O4/c1-10(2)20-15-8-12(4-5-14(15)17(18)19)21-13-6-11(7-13)9-16-3/h4-5,8,10-11,13,16H,6-7,9H2,1-3H3. The van der Waals surface area contributed by atoms with Crippen molar-refractivity contribution in [3.63, 3.8) is 0 Å². The largest absolute Gasteiger partial charge is 0.490 e. The summed E-state index contributed by atoms with van der Waals surface area (Å²) < 4.78 is 11.4. The van der Waals surface area contributed by atoms with Gasteiger partial charge in [0, 0.05) is 12.1 Å². The monoisotopic (exact) mass is 294 g/mol. The molecule has 1 aromatic rings. The highest BCUT2D eigenvalue weighted by Crippen LogP contribution is 2.35. The molecule has 0 atom stereocenters. The van der Waals surface area contributed by atoms with Crippen LogP contribution >= 0.6 is 0 Å². The van der Waals surface area contributed by atoms with Gasteiger partial charge in [0.05, 0.1) is 17.1 Å². The topological polar surface area (TPSA) is 73.6 Å². The van der Waals surface area contributed by atoms with Crippen LogP contribution in [0, 0.1) is 16.0 Å². The summed E-state index contributed by atoms with van der Waals surface area (Å²) in [5.41, 5.74) is -0.0299. The van der Waals surface area contributed by atoms with Gasteiger partial charge in [0.1, 0.15) is 5.75 Å². The highest BCUT2D eigenvalue weighted by Gasteiger charge is 2.30. The third-order valence-electron chi connectivity index (χ3n) is 3.48. The van der Waals surface area contributed by atoms with Crippen LogP contribution in [0.25, 0.3) is 0 Å². The Morgan fingerprint density at radius 3 is 2.71 bits per heavy atom. The van der Waals surface area contributed by atoms with E-state index in [0.29, 0.717) is 11.7 Å². The van der Waals surface area contributed by atoms with Gasteiger partial charge in [-0.1, -0.05) is 0 Å². The van der Waals surface area contributed by atoms with Crippen LogP contribution in [-0.4, -0.2) is 30.7 Å². The lowest BCUT2D eigenvalue weighted by Gasteiger charge is -2.35. The Morgan fingerprint density at radius 1 is 1.43 bits per heavy atom. The molecule has 0 saturated heterocycles. The van der Waals surface area contributed by atoms with Crippen LogP contribution in [0.1, 0.15) is 26.7 Å². The molecule has 6 nitrogen and oxygen atoms in total. The Labute approximate surface area is 124 Å². The summed E-state index contributed by atoms with van der Waals surface area (Å²) in [4.78, 5) is 10.6. The number of benzene rings is 1. The van der Waals surface area contributed by atoms with Crippen LogP contribution in [0.3, 0.4) is 0 Å². The second-order valence-electron chi connectivity index (χ2n) is 5.69. The van der Waals surface area contributed by atoms with Gasteiger partial charge >= 0.3 is 5.69 Å². The smallest absolute Gasteiger partial charge is 0.311 e. The van der Waals surface area contributed by atoms with Crippen molar-refractivity contribution in [2.75, 3.05) is 13.6 Å². The molecule has 6 heteroatoms. The van der Waals surface area contributed by atoms with Crippen LogP contribution in [0.5, 0.6) is 11.5 Å². The highest BCUT2D eigenvalue weighted by molar-refractivity contribution is 5.50. The van der Waals surface area contributed by atoms with Gasteiger partial charge in [0.2, 0.25) is 5.75 Å². The van der Waals surface area contributed by atoms with Crippen LogP contribution in [-0.2, 0) is 0 Å². The third-order valence-corrected chi connectivity index (χ3v) is 3.48. The molecule has 1 aliphatic rings. The van der Waals surface area contributed by atoms with Crippen LogP contribution in [0.15, 0.2) is 18.2 Å². The molecule has 2 rings (SSSR count). The SMILES string of the molecule is CNCC1CC(Oc2ccc([N+](=O)[O-])c(OC(C)C)c2)C1. The zero-order valence-electron chi connectivity index (χ0n) is 12.7. The lowest BCUT2D eigenvalue weighted by atomic mass is 9.82. The quantitative estimate of drug-likeness (QED) is 0.618. The van der Waals surface area contributed by atoms with Crippen molar-refractivity contribution in [1.82, 2.24) is 5.32 Å². The fourth-order valence-electron chi connectivity index (χ4n) is 2.49. The molecular weight excluding hydrogens is 272 g/mol. The summed E-state index contributed by atoms with van der Waals surface area (Å²) in [6.45, 7) is 4.68. The van der Waals surface area contributed by atoms with Gasteiger partial charge in [-0.15, -0.1) is 0 Å². The summed E-state index contributed by atoms with van der Waals surface area (Å²) in [5, 5.41) is 14.2. The first-order valence-corrected chi connectivity index (χ1v) is 7.26. The van der Waals surface area contributed by atoms with Crippen molar-refractivity contribution < 1.29 is 14.4 Å². The van der Waals surface area contributed by atoms with E-state index in [-0.39, 0.29) is 23.6 Å². The number of hydrogen-bond donors (Lipinski definition) is 1. The van der Waals surface area contributed by atoms with Gasteiger partial charge in [-0.25, -0.2) is 0 Å². The average molecular weight is 294 g/mol. The Hall–Kier alpha value is -1.82. The van der Waals surface area contributed by atoms with E-state index in [1.165, 1.54) is 6.07 Å². The Balaban J connectivity index is 2.02. The number of nitro benzene ring substituents is 1. The maximum atomic E-state index is 11.0. The van der Waals surface area contributed by atoms with Crippen molar-refractivity contribution in [2.45, 2.75) is 38.9 Å². The molecule has 0 aromatic heterocycles. The van der Waals surface area contributed by atoms with E-state index in [1.807, 2.05) is 20.9 Å². The number of rotatable bonds is 7. The number of nitrogens with zero attached hydrogens (tertiary/aromatic N) is 1. The molecule has 1 N–H and O–H groups in total. The fraction of sp³-hybridized carbons (Fsp3) is 0.600. The van der Waals surface area contributed by atoms with E-state index >= 15 is 0 Å². The number of hydrogen-bond acceptors (Lipinski definition) is 5. The van der Waals surface area contributed by atoms with Gasteiger partial charge in [0.15, 0.2) is 0 Å². The zero-order chi connectivity index (χ0) is 15.4. The van der Waals surface area contributed by atoms with Crippen LogP contribution in [0.2, 0.25) is 0 Å². The summed E-state index contributed by atoms with van der Waals surface area (Å²) in [6, 6.07) is 4.69. The van der Waals surface area contributed by atoms with E-state index in [4.69, 9.17) is 9.47 Å². The van der Waals surface area contributed by atoms with Crippen LogP contribution in [0.4, 0.5) is 5.69 Å². The van der Waals surface area contributed by atoms with E-state index in [2.05, 4.69) is 5.32 Å². The zero-order valence-corrected chi connectivity index (χ0v) is 12.7. The molecule has 0 heterocycles. The molecule has 1 saturated carbocycles. The van der Waals surface area contributed by atoms with Gasteiger partial charge in [-0.2, -0.15) is 0 Å². The predicted molar refractivity (Wildman–Crippen MR) is 79.9 cm³/mol. The molecule has 0 radical (unpaired) electrons. The van der Waals surface area contributed by atoms with Gasteiger partial charge in [-0.3, -0.25) is 10.1 Å². The second kappa shape index (κ2) is 6.76. The van der Waals surface area contributed by atoms with Crippen molar-refractivity contribution in [2.24, 2.45) is 5.92 Å². The van der Waals surface area contributed by atoms with E-state index < -0.39 is 4.92 Å². The molecule has 1 aliphatic carbocycles. The van der Waals surface area contributed by atoms with Gasteiger partial charge in [-0.05, 0) is 52.3 Å². The first-order chi connectivity index (χ1) is 9.99. The predicted octanol–water partition coefficient (Wildman–Crippen LogP) is 2.76. The van der Waals surface area contributed by atoms with Gasteiger partial charge in [0.25, 0.3) is 0 Å². The number of ether oxygens (including phenoxy) is 2. The highest BCUT2D eigenvalue weighted by atomic mass is 16.6. The Bertz CT molecular complexity index is 498. The molecule has 0 unspecified atom stereocenters. The number of nitro groups is 1. The molecule has 0 spiro atoms. The van der Waals surface area contributed by atoms with E-state index in [1.54, 1.807) is 12.1 Å². The van der Waals surface area contributed by atoms with Crippen molar-refractivity contribution >= 4 is 5.69 Å². The molecule has 21 heavy (non-hydrogen) atoms. The minimum absolute atomic E-state index is 0.0299. The summed E-state index contributed by atoms with van der Waals surface area (Å²) >= 11 is 0. The van der Waals surface area contributed by atoms with Crippen molar-refractivity contribution in [3.8, 4) is 11.5 Å². The molecule has 116 valence electrons. The van der Waals surface area contributed by atoms with E-state index in [0.717, 1.165) is 19.4 Å². The number of nitrogens with one attached hydrogen (secondary N) is 1. The first kappa shape index (κ1) is 15.6. The molecule has 1 aromatic carbocycles.